The van der Waals surface area contributed by atoms with Gasteiger partial charge in [-0.15, -0.1) is 0 Å². The summed E-state index contributed by atoms with van der Waals surface area (Å²) in [7, 11) is 0. The number of Topliss-reactive ketones (excluding diaryl/α,β-unsaturated/α-hetero) is 1. The van der Waals surface area contributed by atoms with Crippen molar-refractivity contribution >= 4 is 46.1 Å². The van der Waals surface area contributed by atoms with Gasteiger partial charge in [-0.05, 0) is 30.7 Å². The van der Waals surface area contributed by atoms with Gasteiger partial charge in [0.1, 0.15) is 10.9 Å². The van der Waals surface area contributed by atoms with Crippen LogP contribution in [0.4, 0.5) is 0 Å². The van der Waals surface area contributed by atoms with E-state index in [0.29, 0.717) is 14.8 Å². The number of benzene rings is 1. The SMILES string of the molecule is CC(=O)COc1ccc(/C=C2\SC(=S)NC2=O)cc1O. The lowest BCUT2D eigenvalue weighted by Gasteiger charge is -2.06. The molecule has 0 aromatic heterocycles. The number of rotatable bonds is 4. The summed E-state index contributed by atoms with van der Waals surface area (Å²) in [4.78, 5) is 22.8. The summed E-state index contributed by atoms with van der Waals surface area (Å²) < 4.78 is 5.55. The van der Waals surface area contributed by atoms with Crippen molar-refractivity contribution in [2.24, 2.45) is 0 Å². The van der Waals surface area contributed by atoms with Crippen LogP contribution in [0.2, 0.25) is 0 Å². The molecule has 1 aliphatic heterocycles. The zero-order valence-corrected chi connectivity index (χ0v) is 12.1. The Balaban J connectivity index is 2.17. The molecule has 1 amide bonds. The lowest BCUT2D eigenvalue weighted by molar-refractivity contribution is -0.119. The van der Waals surface area contributed by atoms with Gasteiger partial charge in [0.2, 0.25) is 0 Å². The molecule has 1 aliphatic rings. The molecule has 104 valence electrons. The molecule has 2 rings (SSSR count). The molecular weight excluding hydrogens is 298 g/mol. The Bertz CT molecular complexity index is 625. The van der Waals surface area contributed by atoms with Crippen LogP contribution >= 0.6 is 24.0 Å². The van der Waals surface area contributed by atoms with Crippen molar-refractivity contribution in [2.75, 3.05) is 6.61 Å². The lowest BCUT2D eigenvalue weighted by atomic mass is 10.2. The molecule has 0 bridgehead atoms. The summed E-state index contributed by atoms with van der Waals surface area (Å²) in [5.74, 6) is -0.257. The second-order valence-electron chi connectivity index (χ2n) is 4.07. The fourth-order valence-electron chi connectivity index (χ4n) is 1.50. The number of aromatic hydroxyl groups is 1. The Morgan fingerprint density at radius 2 is 2.30 bits per heavy atom. The van der Waals surface area contributed by atoms with E-state index in [1.165, 1.54) is 24.8 Å². The number of amides is 1. The third-order valence-electron chi connectivity index (χ3n) is 2.35. The van der Waals surface area contributed by atoms with Crippen LogP contribution in [0.3, 0.4) is 0 Å². The minimum absolute atomic E-state index is 0.0911. The maximum Gasteiger partial charge on any atom is 0.263 e. The lowest BCUT2D eigenvalue weighted by Crippen LogP contribution is -2.17. The highest BCUT2D eigenvalue weighted by molar-refractivity contribution is 8.26. The molecule has 5 nitrogen and oxygen atoms in total. The second kappa shape index (κ2) is 6.06. The molecule has 2 N–H and O–H groups in total. The average Bonchev–Trinajstić information content (AvgIpc) is 2.66. The molecule has 0 aliphatic carbocycles. The van der Waals surface area contributed by atoms with E-state index in [1.807, 2.05) is 0 Å². The van der Waals surface area contributed by atoms with E-state index >= 15 is 0 Å². The van der Waals surface area contributed by atoms with Crippen LogP contribution in [-0.4, -0.2) is 27.7 Å². The fraction of sp³-hybridized carbons (Fsp3) is 0.154. The smallest absolute Gasteiger partial charge is 0.263 e. The van der Waals surface area contributed by atoms with Crippen molar-refractivity contribution < 1.29 is 19.4 Å². The number of thiocarbonyl (C=S) groups is 1. The second-order valence-corrected chi connectivity index (χ2v) is 5.79. The number of hydrogen-bond acceptors (Lipinski definition) is 6. The van der Waals surface area contributed by atoms with Gasteiger partial charge in [0.05, 0.1) is 4.91 Å². The molecule has 1 fully saturated rings. The van der Waals surface area contributed by atoms with Crippen molar-refractivity contribution in [3.63, 3.8) is 0 Å². The zero-order chi connectivity index (χ0) is 14.7. The van der Waals surface area contributed by atoms with Gasteiger partial charge in [0.15, 0.2) is 17.3 Å². The first kappa shape index (κ1) is 14.5. The van der Waals surface area contributed by atoms with Crippen molar-refractivity contribution in [1.29, 1.82) is 0 Å². The Hall–Kier alpha value is -1.86. The Morgan fingerprint density at radius 1 is 1.55 bits per heavy atom. The van der Waals surface area contributed by atoms with Crippen molar-refractivity contribution in [3.8, 4) is 11.5 Å². The number of phenolic OH excluding ortho intramolecular Hbond substituents is 1. The van der Waals surface area contributed by atoms with Crippen LogP contribution in [0.25, 0.3) is 6.08 Å². The predicted octanol–water partition coefficient (Wildman–Crippen LogP) is 1.85. The number of ether oxygens (including phenoxy) is 1. The van der Waals surface area contributed by atoms with Gasteiger partial charge in [-0.2, -0.15) is 0 Å². The van der Waals surface area contributed by atoms with Crippen LogP contribution in [-0.2, 0) is 9.59 Å². The predicted molar refractivity (Wildman–Crippen MR) is 80.6 cm³/mol. The van der Waals surface area contributed by atoms with Crippen LogP contribution in [0, 0.1) is 0 Å². The molecule has 1 aromatic rings. The molecule has 1 heterocycles. The van der Waals surface area contributed by atoms with Crippen LogP contribution in [0.15, 0.2) is 23.1 Å². The highest BCUT2D eigenvalue weighted by Crippen LogP contribution is 2.30. The Kier molecular flexibility index (Phi) is 4.41. The van der Waals surface area contributed by atoms with Gasteiger partial charge in [0, 0.05) is 0 Å². The summed E-state index contributed by atoms with van der Waals surface area (Å²) >= 11 is 6.05. The molecule has 20 heavy (non-hydrogen) atoms. The van der Waals surface area contributed by atoms with Crippen LogP contribution in [0.1, 0.15) is 12.5 Å². The topological polar surface area (TPSA) is 75.6 Å². The largest absolute Gasteiger partial charge is 0.504 e. The van der Waals surface area contributed by atoms with Gasteiger partial charge in [-0.1, -0.05) is 30.0 Å². The van der Waals surface area contributed by atoms with E-state index < -0.39 is 0 Å². The number of nitrogens with one attached hydrogen (secondary N) is 1. The van der Waals surface area contributed by atoms with Crippen molar-refractivity contribution in [1.82, 2.24) is 5.32 Å². The normalized spacial score (nSPS) is 16.4. The third-order valence-corrected chi connectivity index (χ3v) is 3.52. The standard InChI is InChI=1S/C13H11NO4S2/c1-7(15)6-18-10-3-2-8(4-9(10)16)5-11-12(17)14-13(19)20-11/h2-5,16H,6H2,1H3,(H,14,17,19)/b11-5-. The minimum atomic E-state index is -0.253. The first-order valence-electron chi connectivity index (χ1n) is 5.66. The Morgan fingerprint density at radius 3 is 2.85 bits per heavy atom. The molecule has 0 radical (unpaired) electrons. The van der Waals surface area contributed by atoms with Crippen molar-refractivity contribution in [2.45, 2.75) is 6.92 Å². The van der Waals surface area contributed by atoms with E-state index in [-0.39, 0.29) is 29.8 Å². The number of carbonyl (C=O) groups excluding carboxylic acids is 2. The third kappa shape index (κ3) is 3.58. The summed E-state index contributed by atoms with van der Waals surface area (Å²) in [6, 6.07) is 4.68. The van der Waals surface area contributed by atoms with E-state index in [4.69, 9.17) is 17.0 Å². The maximum atomic E-state index is 11.5. The van der Waals surface area contributed by atoms with Crippen LogP contribution < -0.4 is 10.1 Å². The Labute approximate surface area is 125 Å². The fourth-order valence-corrected chi connectivity index (χ4v) is 2.54. The molecule has 0 atom stereocenters. The summed E-state index contributed by atoms with van der Waals surface area (Å²) in [5, 5.41) is 12.3. The van der Waals surface area contributed by atoms with Gasteiger partial charge >= 0.3 is 0 Å². The maximum absolute atomic E-state index is 11.5. The molecule has 0 unspecified atom stereocenters. The van der Waals surface area contributed by atoms with E-state index in [2.05, 4.69) is 5.32 Å². The average molecular weight is 309 g/mol. The summed E-state index contributed by atoms with van der Waals surface area (Å²) in [6.07, 6.45) is 1.62. The van der Waals surface area contributed by atoms with Gasteiger partial charge in [0.25, 0.3) is 5.91 Å². The highest BCUT2D eigenvalue weighted by atomic mass is 32.2. The highest BCUT2D eigenvalue weighted by Gasteiger charge is 2.22. The van der Waals surface area contributed by atoms with Crippen molar-refractivity contribution in [3.05, 3.63) is 28.7 Å². The van der Waals surface area contributed by atoms with Gasteiger partial charge in [-0.25, -0.2) is 0 Å². The zero-order valence-electron chi connectivity index (χ0n) is 10.5. The van der Waals surface area contributed by atoms with Crippen LogP contribution in [0.5, 0.6) is 11.5 Å². The molecular formula is C13H11NO4S2. The molecule has 1 aromatic carbocycles. The summed E-state index contributed by atoms with van der Waals surface area (Å²) in [5.41, 5.74) is 0.639. The molecule has 7 heteroatoms. The number of phenols is 1. The quantitative estimate of drug-likeness (QED) is 0.653. The summed E-state index contributed by atoms with van der Waals surface area (Å²) in [6.45, 7) is 1.30. The number of carbonyl (C=O) groups is 2. The van der Waals surface area contributed by atoms with E-state index in [0.717, 1.165) is 0 Å². The minimum Gasteiger partial charge on any atom is -0.504 e. The molecule has 0 spiro atoms. The van der Waals surface area contributed by atoms with E-state index in [9.17, 15) is 14.7 Å². The first-order valence-corrected chi connectivity index (χ1v) is 6.88. The number of thioether (sulfide) groups is 1. The first-order chi connectivity index (χ1) is 9.45. The monoisotopic (exact) mass is 309 g/mol. The van der Waals surface area contributed by atoms with Gasteiger partial charge in [-0.3, -0.25) is 9.59 Å². The molecule has 0 saturated carbocycles. The number of ketones is 1. The van der Waals surface area contributed by atoms with Gasteiger partial charge < -0.3 is 15.2 Å². The van der Waals surface area contributed by atoms with E-state index in [1.54, 1.807) is 18.2 Å². The molecule has 1 saturated heterocycles. The number of hydrogen-bond donors (Lipinski definition) is 2.